The van der Waals surface area contributed by atoms with Gasteiger partial charge in [-0.2, -0.15) is 9.29 Å². The van der Waals surface area contributed by atoms with Crippen LogP contribution in [0.4, 0.5) is 0 Å². The molecule has 0 spiro atoms. The van der Waals surface area contributed by atoms with Crippen LogP contribution in [0, 0.1) is 0 Å². The molecule has 1 fully saturated rings. The van der Waals surface area contributed by atoms with Gasteiger partial charge in [0.05, 0.1) is 23.5 Å². The van der Waals surface area contributed by atoms with Crippen molar-refractivity contribution in [2.24, 2.45) is 0 Å². The second-order valence-corrected chi connectivity index (χ2v) is 8.17. The van der Waals surface area contributed by atoms with Gasteiger partial charge in [-0.3, -0.25) is 4.98 Å². The van der Waals surface area contributed by atoms with E-state index in [4.69, 9.17) is 4.52 Å². The topological polar surface area (TPSA) is 115 Å². The van der Waals surface area contributed by atoms with Crippen molar-refractivity contribution in [2.75, 3.05) is 20.2 Å². The molecule has 4 rings (SSSR count). The third kappa shape index (κ3) is 3.27. The van der Waals surface area contributed by atoms with E-state index >= 15 is 0 Å². The summed E-state index contributed by atoms with van der Waals surface area (Å²) in [4.78, 5) is 19.9. The zero-order chi connectivity index (χ0) is 19.7. The molecule has 3 heterocycles. The van der Waals surface area contributed by atoms with Gasteiger partial charge in [-0.25, -0.2) is 13.2 Å². The lowest BCUT2D eigenvalue weighted by molar-refractivity contribution is 0.0600. The van der Waals surface area contributed by atoms with Crippen LogP contribution in [-0.4, -0.2) is 54.0 Å². The summed E-state index contributed by atoms with van der Waals surface area (Å²) in [5.74, 6) is 0.130. The largest absolute Gasteiger partial charge is 0.465 e. The lowest BCUT2D eigenvalue weighted by Gasteiger charge is -2.35. The fourth-order valence-corrected chi connectivity index (χ4v) is 4.36. The Balaban J connectivity index is 1.44. The number of benzene rings is 1. The minimum Gasteiger partial charge on any atom is -0.465 e. The minimum atomic E-state index is -3.66. The van der Waals surface area contributed by atoms with Crippen molar-refractivity contribution >= 4 is 16.0 Å². The van der Waals surface area contributed by atoms with Crippen LogP contribution in [-0.2, 0) is 14.8 Å². The molecule has 0 N–H and O–H groups in total. The molecular formula is C18H16N4O5S. The van der Waals surface area contributed by atoms with Crippen LogP contribution < -0.4 is 0 Å². The highest BCUT2D eigenvalue weighted by Gasteiger charge is 2.40. The van der Waals surface area contributed by atoms with E-state index in [0.29, 0.717) is 11.7 Å². The Labute approximate surface area is 161 Å². The highest BCUT2D eigenvalue weighted by atomic mass is 32.2. The van der Waals surface area contributed by atoms with E-state index in [1.807, 2.05) is 6.07 Å². The first-order chi connectivity index (χ1) is 13.5. The first kappa shape index (κ1) is 18.3. The summed E-state index contributed by atoms with van der Waals surface area (Å²) in [5, 5.41) is 3.93. The molecule has 0 atom stereocenters. The molecular weight excluding hydrogens is 384 g/mol. The van der Waals surface area contributed by atoms with Gasteiger partial charge < -0.3 is 9.26 Å². The maximum absolute atomic E-state index is 12.7. The third-order valence-electron chi connectivity index (χ3n) is 4.47. The van der Waals surface area contributed by atoms with Crippen LogP contribution in [0.5, 0.6) is 0 Å². The number of aromatic nitrogens is 3. The maximum Gasteiger partial charge on any atom is 0.337 e. The van der Waals surface area contributed by atoms with E-state index in [1.54, 1.807) is 18.5 Å². The summed E-state index contributed by atoms with van der Waals surface area (Å²) in [6.07, 6.45) is 3.28. The van der Waals surface area contributed by atoms with Crippen molar-refractivity contribution in [1.82, 2.24) is 19.4 Å². The number of hydrogen-bond donors (Lipinski definition) is 0. The minimum absolute atomic E-state index is 0.111. The Bertz CT molecular complexity index is 1090. The van der Waals surface area contributed by atoms with Crippen molar-refractivity contribution in [2.45, 2.75) is 10.8 Å². The molecule has 0 bridgehead atoms. The van der Waals surface area contributed by atoms with Crippen molar-refractivity contribution in [3.05, 3.63) is 60.2 Å². The number of carbonyl (C=O) groups excluding carboxylic acids is 1. The van der Waals surface area contributed by atoms with Crippen molar-refractivity contribution in [1.29, 1.82) is 0 Å². The first-order valence-electron chi connectivity index (χ1n) is 8.41. The van der Waals surface area contributed by atoms with E-state index in [9.17, 15) is 13.2 Å². The second-order valence-electron chi connectivity index (χ2n) is 6.23. The SMILES string of the molecule is COC(=O)c1ccc(S(=O)(=O)N2CC(c3nc(-c4cccnc4)no3)C2)cc1. The van der Waals surface area contributed by atoms with Gasteiger partial charge in [0.2, 0.25) is 21.7 Å². The quantitative estimate of drug-likeness (QED) is 0.594. The average Bonchev–Trinajstić information content (AvgIpc) is 3.16. The normalized spacial score (nSPS) is 15.2. The number of nitrogens with zero attached hydrogens (tertiary/aromatic N) is 4. The predicted octanol–water partition coefficient (Wildman–Crippen LogP) is 1.71. The van der Waals surface area contributed by atoms with Gasteiger partial charge >= 0.3 is 5.97 Å². The fourth-order valence-electron chi connectivity index (χ4n) is 2.83. The second kappa shape index (κ2) is 7.13. The lowest BCUT2D eigenvalue weighted by Crippen LogP contribution is -2.48. The standard InChI is InChI=1S/C18H16N4O5S/c1-26-18(23)12-4-6-15(7-5-12)28(24,25)22-10-14(11-22)17-20-16(21-27-17)13-3-2-8-19-9-13/h2-9,14H,10-11H2,1H3. The van der Waals surface area contributed by atoms with Crippen LogP contribution >= 0.6 is 0 Å². The van der Waals surface area contributed by atoms with E-state index in [-0.39, 0.29) is 29.5 Å². The molecule has 144 valence electrons. The summed E-state index contributed by atoms with van der Waals surface area (Å²) in [6, 6.07) is 9.22. The van der Waals surface area contributed by atoms with Gasteiger partial charge in [-0.15, -0.1) is 0 Å². The molecule has 9 nitrogen and oxygen atoms in total. The number of sulfonamides is 1. The van der Waals surface area contributed by atoms with Crippen LogP contribution in [0.1, 0.15) is 22.2 Å². The summed E-state index contributed by atoms with van der Waals surface area (Å²) in [5.41, 5.74) is 1.02. The Morgan fingerprint density at radius 1 is 1.21 bits per heavy atom. The molecule has 0 aliphatic carbocycles. The van der Waals surface area contributed by atoms with E-state index in [1.165, 1.54) is 35.7 Å². The van der Waals surface area contributed by atoms with Gasteiger partial charge in [-0.1, -0.05) is 5.16 Å². The molecule has 2 aromatic heterocycles. The average molecular weight is 400 g/mol. The summed E-state index contributed by atoms with van der Waals surface area (Å²) < 4.78 is 36.6. The summed E-state index contributed by atoms with van der Waals surface area (Å²) >= 11 is 0. The van der Waals surface area contributed by atoms with Gasteiger partial charge in [0.25, 0.3) is 0 Å². The Morgan fingerprint density at radius 3 is 2.61 bits per heavy atom. The number of pyridine rings is 1. The monoisotopic (exact) mass is 400 g/mol. The number of methoxy groups -OCH3 is 1. The highest BCUT2D eigenvalue weighted by Crippen LogP contribution is 2.32. The molecule has 3 aromatic rings. The zero-order valence-electron chi connectivity index (χ0n) is 14.8. The first-order valence-corrected chi connectivity index (χ1v) is 9.85. The molecule has 10 heteroatoms. The van der Waals surface area contributed by atoms with E-state index in [2.05, 4.69) is 19.9 Å². The van der Waals surface area contributed by atoms with Gasteiger partial charge in [0.15, 0.2) is 0 Å². The molecule has 1 aliphatic heterocycles. The molecule has 28 heavy (non-hydrogen) atoms. The number of ether oxygens (including phenoxy) is 1. The van der Waals surface area contributed by atoms with Gasteiger partial charge in [-0.05, 0) is 36.4 Å². The third-order valence-corrected chi connectivity index (χ3v) is 6.32. The van der Waals surface area contributed by atoms with Crippen molar-refractivity contribution < 1.29 is 22.5 Å². The zero-order valence-corrected chi connectivity index (χ0v) is 15.7. The summed E-state index contributed by atoms with van der Waals surface area (Å²) in [6.45, 7) is 0.492. The number of esters is 1. The number of hydrogen-bond acceptors (Lipinski definition) is 8. The van der Waals surface area contributed by atoms with Crippen LogP contribution in [0.3, 0.4) is 0 Å². The molecule has 0 unspecified atom stereocenters. The summed E-state index contributed by atoms with van der Waals surface area (Å²) in [7, 11) is -2.39. The van der Waals surface area contributed by atoms with E-state index < -0.39 is 16.0 Å². The van der Waals surface area contributed by atoms with Crippen LogP contribution in [0.25, 0.3) is 11.4 Å². The Kier molecular flexibility index (Phi) is 4.65. The highest BCUT2D eigenvalue weighted by molar-refractivity contribution is 7.89. The molecule has 0 radical (unpaired) electrons. The van der Waals surface area contributed by atoms with E-state index in [0.717, 1.165) is 5.56 Å². The molecule has 0 amide bonds. The van der Waals surface area contributed by atoms with Crippen LogP contribution in [0.2, 0.25) is 0 Å². The molecule has 0 saturated carbocycles. The van der Waals surface area contributed by atoms with Crippen molar-refractivity contribution in [3.63, 3.8) is 0 Å². The Morgan fingerprint density at radius 2 is 1.96 bits per heavy atom. The molecule has 1 saturated heterocycles. The van der Waals surface area contributed by atoms with Crippen molar-refractivity contribution in [3.8, 4) is 11.4 Å². The van der Waals surface area contributed by atoms with Gasteiger partial charge in [0.1, 0.15) is 0 Å². The maximum atomic E-state index is 12.7. The van der Waals surface area contributed by atoms with Gasteiger partial charge in [0, 0.05) is 31.0 Å². The fraction of sp³-hybridized carbons (Fsp3) is 0.222. The van der Waals surface area contributed by atoms with Crippen LogP contribution in [0.15, 0.2) is 58.2 Å². The smallest absolute Gasteiger partial charge is 0.337 e. The number of carbonyl (C=O) groups is 1. The number of rotatable bonds is 5. The Hall–Kier alpha value is -3.11. The predicted molar refractivity (Wildman–Crippen MR) is 96.8 cm³/mol. The molecule has 1 aliphatic rings. The molecule has 1 aromatic carbocycles. The lowest BCUT2D eigenvalue weighted by atomic mass is 10.0.